The van der Waals surface area contributed by atoms with E-state index >= 15 is 0 Å². The molecule has 1 aromatic heterocycles. The quantitative estimate of drug-likeness (QED) is 0.825. The monoisotopic (exact) mass is 277 g/mol. The van der Waals surface area contributed by atoms with Crippen molar-refractivity contribution in [1.29, 1.82) is 0 Å². The summed E-state index contributed by atoms with van der Waals surface area (Å²) in [6, 6.07) is 9.47. The van der Waals surface area contributed by atoms with Gasteiger partial charge in [0.2, 0.25) is 0 Å². The maximum Gasteiger partial charge on any atom is 0.134 e. The molecule has 0 spiro atoms. The first-order valence-electron chi connectivity index (χ1n) is 6.17. The predicted octanol–water partition coefficient (Wildman–Crippen LogP) is 2.80. The van der Waals surface area contributed by atoms with Gasteiger partial charge in [-0.2, -0.15) is 0 Å². The molecule has 0 saturated carbocycles. The molecule has 0 amide bonds. The molecular weight excluding hydrogens is 262 g/mol. The highest BCUT2D eigenvalue weighted by Crippen LogP contribution is 2.13. The van der Waals surface area contributed by atoms with Crippen molar-refractivity contribution < 1.29 is 5.11 Å². The summed E-state index contributed by atoms with van der Waals surface area (Å²) in [4.78, 5) is 8.47. The first kappa shape index (κ1) is 13.8. The minimum absolute atomic E-state index is 0.0646. The number of hydrogen-bond acceptors (Lipinski definition) is 4. The lowest BCUT2D eigenvalue weighted by Gasteiger charge is -2.08. The highest BCUT2D eigenvalue weighted by molar-refractivity contribution is 6.29. The maximum atomic E-state index is 8.98. The number of aromatic nitrogens is 2. The van der Waals surface area contributed by atoms with Crippen LogP contribution in [0, 0.1) is 0 Å². The molecule has 0 aliphatic rings. The molecule has 2 aromatic rings. The molecule has 4 nitrogen and oxygen atoms in total. The number of halogens is 1. The summed E-state index contributed by atoms with van der Waals surface area (Å²) >= 11 is 5.93. The fourth-order valence-electron chi connectivity index (χ4n) is 1.67. The van der Waals surface area contributed by atoms with Crippen molar-refractivity contribution >= 4 is 17.4 Å². The Morgan fingerprint density at radius 1 is 1.16 bits per heavy atom. The first-order chi connectivity index (χ1) is 9.21. The Labute approximate surface area is 117 Å². The Hall–Kier alpha value is -1.65. The molecule has 1 heterocycles. The Kier molecular flexibility index (Phi) is 4.71. The van der Waals surface area contributed by atoms with Gasteiger partial charge in [0.05, 0.1) is 6.61 Å². The number of aliphatic hydroxyl groups excluding tert-OH is 1. The van der Waals surface area contributed by atoms with Crippen LogP contribution in [0.1, 0.15) is 23.9 Å². The largest absolute Gasteiger partial charge is 0.392 e. The second-order valence-corrected chi connectivity index (χ2v) is 4.56. The van der Waals surface area contributed by atoms with Crippen LogP contribution in [0.15, 0.2) is 30.3 Å². The molecule has 0 atom stereocenters. The van der Waals surface area contributed by atoms with Crippen LogP contribution in [0.3, 0.4) is 0 Å². The molecule has 0 fully saturated rings. The van der Waals surface area contributed by atoms with Gasteiger partial charge in [0, 0.05) is 19.0 Å². The fraction of sp³-hybridized carbons (Fsp3) is 0.286. The van der Waals surface area contributed by atoms with Gasteiger partial charge in [0.1, 0.15) is 16.8 Å². The average Bonchev–Trinajstić information content (AvgIpc) is 2.45. The SMILES string of the molecule is CCc1nc(Cl)cc(NCc2ccc(CO)cc2)n1. The standard InChI is InChI=1S/C14H16ClN3O/c1-2-13-17-12(15)7-14(18-13)16-8-10-3-5-11(9-19)6-4-10/h3-7,19H,2,8-9H2,1H3,(H,16,17,18). The zero-order valence-electron chi connectivity index (χ0n) is 10.7. The van der Waals surface area contributed by atoms with Crippen molar-refractivity contribution in [2.24, 2.45) is 0 Å². The van der Waals surface area contributed by atoms with Crippen molar-refractivity contribution in [3.05, 3.63) is 52.4 Å². The summed E-state index contributed by atoms with van der Waals surface area (Å²) in [5, 5.41) is 12.6. The third kappa shape index (κ3) is 3.91. The maximum absolute atomic E-state index is 8.98. The number of nitrogens with one attached hydrogen (secondary N) is 1. The second kappa shape index (κ2) is 6.50. The van der Waals surface area contributed by atoms with E-state index in [0.717, 1.165) is 29.2 Å². The summed E-state index contributed by atoms with van der Waals surface area (Å²) in [6.45, 7) is 2.71. The van der Waals surface area contributed by atoms with Crippen LogP contribution in [0.2, 0.25) is 5.15 Å². The summed E-state index contributed by atoms with van der Waals surface area (Å²) in [5.41, 5.74) is 2.02. The van der Waals surface area contributed by atoms with Gasteiger partial charge in [-0.15, -0.1) is 0 Å². The Morgan fingerprint density at radius 2 is 1.84 bits per heavy atom. The molecule has 100 valence electrons. The van der Waals surface area contributed by atoms with Gasteiger partial charge in [-0.05, 0) is 11.1 Å². The molecule has 19 heavy (non-hydrogen) atoms. The number of nitrogens with zero attached hydrogens (tertiary/aromatic N) is 2. The van der Waals surface area contributed by atoms with Gasteiger partial charge >= 0.3 is 0 Å². The van der Waals surface area contributed by atoms with Crippen molar-refractivity contribution in [2.75, 3.05) is 5.32 Å². The lowest BCUT2D eigenvalue weighted by Crippen LogP contribution is -2.04. The van der Waals surface area contributed by atoms with E-state index in [1.54, 1.807) is 6.07 Å². The minimum atomic E-state index is 0.0646. The number of anilines is 1. The first-order valence-corrected chi connectivity index (χ1v) is 6.55. The minimum Gasteiger partial charge on any atom is -0.392 e. The highest BCUT2D eigenvalue weighted by atomic mass is 35.5. The zero-order chi connectivity index (χ0) is 13.7. The predicted molar refractivity (Wildman–Crippen MR) is 76.1 cm³/mol. The molecule has 2 N–H and O–H groups in total. The van der Waals surface area contributed by atoms with E-state index in [4.69, 9.17) is 16.7 Å². The summed E-state index contributed by atoms with van der Waals surface area (Å²) in [7, 11) is 0. The normalized spacial score (nSPS) is 10.5. The van der Waals surface area contributed by atoms with Crippen LogP contribution in [0.5, 0.6) is 0 Å². The average molecular weight is 278 g/mol. The molecule has 0 bridgehead atoms. The van der Waals surface area contributed by atoms with Gasteiger partial charge < -0.3 is 10.4 Å². The number of benzene rings is 1. The van der Waals surface area contributed by atoms with Crippen LogP contribution in [0.25, 0.3) is 0 Å². The van der Waals surface area contributed by atoms with Crippen LogP contribution >= 0.6 is 11.6 Å². The Balaban J connectivity index is 2.03. The van der Waals surface area contributed by atoms with E-state index in [0.29, 0.717) is 11.7 Å². The second-order valence-electron chi connectivity index (χ2n) is 4.17. The van der Waals surface area contributed by atoms with E-state index in [1.165, 1.54) is 0 Å². The zero-order valence-corrected chi connectivity index (χ0v) is 11.5. The summed E-state index contributed by atoms with van der Waals surface area (Å²) < 4.78 is 0. The van der Waals surface area contributed by atoms with Gasteiger partial charge in [-0.25, -0.2) is 9.97 Å². The summed E-state index contributed by atoms with van der Waals surface area (Å²) in [6.07, 6.45) is 0.750. The van der Waals surface area contributed by atoms with Crippen LogP contribution in [-0.4, -0.2) is 15.1 Å². The van der Waals surface area contributed by atoms with E-state index in [-0.39, 0.29) is 6.61 Å². The number of hydrogen-bond donors (Lipinski definition) is 2. The molecule has 0 aliphatic carbocycles. The van der Waals surface area contributed by atoms with Crippen LogP contribution in [-0.2, 0) is 19.6 Å². The molecule has 2 rings (SSSR count). The van der Waals surface area contributed by atoms with Crippen molar-refractivity contribution in [1.82, 2.24) is 9.97 Å². The molecular formula is C14H16ClN3O. The van der Waals surface area contributed by atoms with Gasteiger partial charge in [0.25, 0.3) is 0 Å². The van der Waals surface area contributed by atoms with Gasteiger partial charge in [-0.1, -0.05) is 42.8 Å². The molecule has 1 aromatic carbocycles. The number of aryl methyl sites for hydroxylation is 1. The van der Waals surface area contributed by atoms with E-state index in [1.807, 2.05) is 31.2 Å². The smallest absolute Gasteiger partial charge is 0.134 e. The van der Waals surface area contributed by atoms with E-state index in [2.05, 4.69) is 15.3 Å². The molecule has 0 radical (unpaired) electrons. The number of rotatable bonds is 5. The van der Waals surface area contributed by atoms with Gasteiger partial charge in [-0.3, -0.25) is 0 Å². The van der Waals surface area contributed by atoms with Crippen molar-refractivity contribution in [3.63, 3.8) is 0 Å². The van der Waals surface area contributed by atoms with Crippen LogP contribution < -0.4 is 5.32 Å². The highest BCUT2D eigenvalue weighted by Gasteiger charge is 2.02. The molecule has 0 aliphatic heterocycles. The van der Waals surface area contributed by atoms with Crippen molar-refractivity contribution in [2.45, 2.75) is 26.5 Å². The van der Waals surface area contributed by atoms with Crippen molar-refractivity contribution in [3.8, 4) is 0 Å². The van der Waals surface area contributed by atoms with Gasteiger partial charge in [0.15, 0.2) is 0 Å². The Morgan fingerprint density at radius 3 is 2.47 bits per heavy atom. The van der Waals surface area contributed by atoms with E-state index in [9.17, 15) is 0 Å². The molecule has 5 heteroatoms. The fourth-order valence-corrected chi connectivity index (χ4v) is 1.87. The molecule has 0 unspecified atom stereocenters. The summed E-state index contributed by atoms with van der Waals surface area (Å²) in [5.74, 6) is 1.45. The third-order valence-corrected chi connectivity index (χ3v) is 2.93. The van der Waals surface area contributed by atoms with Crippen LogP contribution in [0.4, 0.5) is 5.82 Å². The number of aliphatic hydroxyl groups is 1. The molecule has 0 saturated heterocycles. The Bertz CT molecular complexity index is 543. The lowest BCUT2D eigenvalue weighted by atomic mass is 10.1. The lowest BCUT2D eigenvalue weighted by molar-refractivity contribution is 0.282. The topological polar surface area (TPSA) is 58.0 Å². The van der Waals surface area contributed by atoms with E-state index < -0.39 is 0 Å². The third-order valence-electron chi connectivity index (χ3n) is 2.74.